The fourth-order valence-corrected chi connectivity index (χ4v) is 3.52. The molecular formula is C23H35N3O2. The van der Waals surface area contributed by atoms with Gasteiger partial charge in [-0.3, -0.25) is 9.78 Å². The highest BCUT2D eigenvalue weighted by Crippen LogP contribution is 2.30. The van der Waals surface area contributed by atoms with Crippen molar-refractivity contribution in [2.45, 2.75) is 65.8 Å². The Morgan fingerprint density at radius 1 is 1.25 bits per heavy atom. The van der Waals surface area contributed by atoms with Crippen LogP contribution < -0.4 is 15.4 Å². The maximum absolute atomic E-state index is 12.4. The maximum Gasteiger partial charge on any atom is 0.223 e. The van der Waals surface area contributed by atoms with Crippen LogP contribution in [0.1, 0.15) is 58.9 Å². The molecule has 5 nitrogen and oxygen atoms in total. The fourth-order valence-electron chi connectivity index (χ4n) is 3.52. The summed E-state index contributed by atoms with van der Waals surface area (Å²) in [6.45, 7) is 11.2. The molecule has 28 heavy (non-hydrogen) atoms. The van der Waals surface area contributed by atoms with Crippen molar-refractivity contribution in [2.75, 3.05) is 19.0 Å². The van der Waals surface area contributed by atoms with Gasteiger partial charge >= 0.3 is 0 Å². The number of aryl methyl sites for hydroxylation is 1. The molecule has 0 radical (unpaired) electrons. The Morgan fingerprint density at radius 2 is 1.96 bits per heavy atom. The summed E-state index contributed by atoms with van der Waals surface area (Å²) in [4.78, 5) is 16.9. The largest absolute Gasteiger partial charge is 0.497 e. The number of rotatable bonds is 10. The molecule has 0 atom stereocenters. The van der Waals surface area contributed by atoms with Crippen molar-refractivity contribution in [3.8, 4) is 5.75 Å². The van der Waals surface area contributed by atoms with Crippen LogP contribution in [0.15, 0.2) is 24.4 Å². The highest BCUT2D eigenvalue weighted by molar-refractivity contribution is 5.93. The van der Waals surface area contributed by atoms with Crippen LogP contribution in [0, 0.1) is 12.8 Å². The van der Waals surface area contributed by atoms with Crippen LogP contribution in [0.25, 0.3) is 10.9 Å². The van der Waals surface area contributed by atoms with Crippen molar-refractivity contribution in [3.05, 3.63) is 30.0 Å². The first kappa shape index (κ1) is 22.0. The molecule has 0 saturated heterocycles. The molecule has 5 heteroatoms. The van der Waals surface area contributed by atoms with E-state index < -0.39 is 0 Å². The molecule has 2 aromatic rings. The van der Waals surface area contributed by atoms with Crippen molar-refractivity contribution >= 4 is 22.5 Å². The smallest absolute Gasteiger partial charge is 0.223 e. The summed E-state index contributed by atoms with van der Waals surface area (Å²) in [5.41, 5.74) is 2.91. The van der Waals surface area contributed by atoms with Crippen LogP contribution >= 0.6 is 0 Å². The van der Waals surface area contributed by atoms with Gasteiger partial charge in [0.15, 0.2) is 0 Å². The first-order valence-electron chi connectivity index (χ1n) is 10.3. The second-order valence-electron chi connectivity index (χ2n) is 8.12. The van der Waals surface area contributed by atoms with Gasteiger partial charge in [0.2, 0.25) is 5.91 Å². The number of carbonyl (C=O) groups is 1. The third-order valence-electron chi connectivity index (χ3n) is 5.38. The molecular weight excluding hydrogens is 350 g/mol. The summed E-state index contributed by atoms with van der Waals surface area (Å²) in [6, 6.07) is 6.03. The molecule has 2 rings (SSSR count). The van der Waals surface area contributed by atoms with Gasteiger partial charge in [-0.05, 0) is 64.2 Å². The number of benzene rings is 1. The standard InChI is InChI=1S/C23H35N3O2/c1-7-17(8-2)22(27)26-23(4,5)11-9-12-24-20-15-18(28-6)14-19-16(3)10-13-25-21(19)20/h10,13-15,17,24H,7-9,11-12H2,1-6H3,(H,26,27). The number of hydrogen-bond acceptors (Lipinski definition) is 4. The van der Waals surface area contributed by atoms with Gasteiger partial charge in [0.05, 0.1) is 18.3 Å². The summed E-state index contributed by atoms with van der Waals surface area (Å²) >= 11 is 0. The van der Waals surface area contributed by atoms with E-state index in [0.29, 0.717) is 0 Å². The number of hydrogen-bond donors (Lipinski definition) is 2. The maximum atomic E-state index is 12.4. The van der Waals surface area contributed by atoms with Gasteiger partial charge in [0, 0.05) is 35.7 Å². The van der Waals surface area contributed by atoms with Crippen LogP contribution in [-0.4, -0.2) is 30.1 Å². The molecule has 1 aromatic carbocycles. The van der Waals surface area contributed by atoms with Crippen molar-refractivity contribution in [2.24, 2.45) is 5.92 Å². The van der Waals surface area contributed by atoms with Crippen LogP contribution in [-0.2, 0) is 4.79 Å². The van der Waals surface area contributed by atoms with Crippen molar-refractivity contribution in [1.82, 2.24) is 10.3 Å². The summed E-state index contributed by atoms with van der Waals surface area (Å²) in [7, 11) is 1.68. The highest BCUT2D eigenvalue weighted by atomic mass is 16.5. The number of nitrogens with one attached hydrogen (secondary N) is 2. The molecule has 1 heterocycles. The second kappa shape index (κ2) is 9.76. The Hall–Kier alpha value is -2.30. The summed E-state index contributed by atoms with van der Waals surface area (Å²) in [5.74, 6) is 1.10. The molecule has 154 valence electrons. The molecule has 0 aliphatic carbocycles. The van der Waals surface area contributed by atoms with Gasteiger partial charge in [0.1, 0.15) is 5.75 Å². The Labute approximate surface area is 169 Å². The van der Waals surface area contributed by atoms with Crippen LogP contribution in [0.5, 0.6) is 5.75 Å². The predicted molar refractivity (Wildman–Crippen MR) is 117 cm³/mol. The van der Waals surface area contributed by atoms with E-state index in [1.807, 2.05) is 24.4 Å². The van der Waals surface area contributed by atoms with Crippen LogP contribution in [0.3, 0.4) is 0 Å². The van der Waals surface area contributed by atoms with Gasteiger partial charge in [-0.25, -0.2) is 0 Å². The third kappa shape index (κ3) is 5.60. The minimum Gasteiger partial charge on any atom is -0.497 e. The highest BCUT2D eigenvalue weighted by Gasteiger charge is 2.23. The number of anilines is 1. The second-order valence-corrected chi connectivity index (χ2v) is 8.12. The molecule has 2 N–H and O–H groups in total. The quantitative estimate of drug-likeness (QED) is 0.560. The average Bonchev–Trinajstić information content (AvgIpc) is 2.66. The minimum atomic E-state index is -0.216. The van der Waals surface area contributed by atoms with Gasteiger partial charge in [0.25, 0.3) is 0 Å². The van der Waals surface area contributed by atoms with E-state index in [1.54, 1.807) is 7.11 Å². The molecule has 1 aromatic heterocycles. The first-order valence-corrected chi connectivity index (χ1v) is 10.3. The molecule has 0 unspecified atom stereocenters. The number of aromatic nitrogens is 1. The lowest BCUT2D eigenvalue weighted by atomic mass is 9.95. The normalized spacial score (nSPS) is 11.7. The zero-order valence-corrected chi connectivity index (χ0v) is 18.2. The molecule has 0 fully saturated rings. The Kier molecular flexibility index (Phi) is 7.67. The van der Waals surface area contributed by atoms with E-state index in [0.717, 1.165) is 54.6 Å². The predicted octanol–water partition coefficient (Wildman–Crippen LogP) is 5.07. The molecule has 0 spiro atoms. The van der Waals surface area contributed by atoms with Crippen molar-refractivity contribution < 1.29 is 9.53 Å². The number of amides is 1. The van der Waals surface area contributed by atoms with Gasteiger partial charge in [-0.1, -0.05) is 13.8 Å². The minimum absolute atomic E-state index is 0.106. The van der Waals surface area contributed by atoms with Crippen LogP contribution in [0.2, 0.25) is 0 Å². The van der Waals surface area contributed by atoms with Gasteiger partial charge < -0.3 is 15.4 Å². The number of fused-ring (bicyclic) bond motifs is 1. The monoisotopic (exact) mass is 385 g/mol. The Balaban J connectivity index is 1.98. The number of pyridine rings is 1. The molecule has 0 saturated carbocycles. The lowest BCUT2D eigenvalue weighted by Gasteiger charge is -2.28. The number of methoxy groups -OCH3 is 1. The molecule has 0 bridgehead atoms. The molecule has 0 aliphatic rings. The van der Waals surface area contributed by atoms with E-state index in [1.165, 1.54) is 5.56 Å². The Bertz CT molecular complexity index is 798. The fraction of sp³-hybridized carbons (Fsp3) is 0.565. The average molecular weight is 386 g/mol. The lowest BCUT2D eigenvalue weighted by molar-refractivity contribution is -0.126. The first-order chi connectivity index (χ1) is 13.3. The molecule has 1 amide bonds. The van der Waals surface area contributed by atoms with E-state index in [4.69, 9.17) is 4.74 Å². The van der Waals surface area contributed by atoms with E-state index in [-0.39, 0.29) is 17.4 Å². The zero-order valence-electron chi connectivity index (χ0n) is 18.2. The van der Waals surface area contributed by atoms with E-state index in [9.17, 15) is 4.79 Å². The number of ether oxygens (including phenoxy) is 1. The van der Waals surface area contributed by atoms with Crippen molar-refractivity contribution in [1.29, 1.82) is 0 Å². The van der Waals surface area contributed by atoms with Gasteiger partial charge in [-0.15, -0.1) is 0 Å². The number of nitrogens with zero attached hydrogens (tertiary/aromatic N) is 1. The van der Waals surface area contributed by atoms with Gasteiger partial charge in [-0.2, -0.15) is 0 Å². The zero-order chi connectivity index (χ0) is 20.7. The van der Waals surface area contributed by atoms with Crippen LogP contribution in [0.4, 0.5) is 5.69 Å². The topological polar surface area (TPSA) is 63.2 Å². The summed E-state index contributed by atoms with van der Waals surface area (Å²) < 4.78 is 5.45. The SMILES string of the molecule is CCC(CC)C(=O)NC(C)(C)CCCNc1cc(OC)cc2c(C)ccnc12. The number of carbonyl (C=O) groups excluding carboxylic acids is 1. The Morgan fingerprint density at radius 3 is 2.61 bits per heavy atom. The third-order valence-corrected chi connectivity index (χ3v) is 5.38. The molecule has 0 aliphatic heterocycles. The summed E-state index contributed by atoms with van der Waals surface area (Å²) in [6.07, 6.45) is 5.46. The van der Waals surface area contributed by atoms with E-state index >= 15 is 0 Å². The van der Waals surface area contributed by atoms with E-state index in [2.05, 4.69) is 50.2 Å². The van der Waals surface area contributed by atoms with Crippen molar-refractivity contribution in [3.63, 3.8) is 0 Å². The summed E-state index contributed by atoms with van der Waals surface area (Å²) in [5, 5.41) is 7.82. The lowest BCUT2D eigenvalue weighted by Crippen LogP contribution is -2.46.